The summed E-state index contributed by atoms with van der Waals surface area (Å²) in [5.41, 5.74) is 2.67. The van der Waals surface area contributed by atoms with E-state index in [2.05, 4.69) is 5.10 Å². The predicted molar refractivity (Wildman–Crippen MR) is 74.9 cm³/mol. The fraction of sp³-hybridized carbons (Fsp3) is 0.357. The molecule has 19 heavy (non-hydrogen) atoms. The standard InChI is InChI=1S/C14H19N3O2/c1-10-13(9-18)14(17(3)15-10)16(2)11-6-5-7-12(8-11)19-4/h5-8,18H,9H2,1-4H3. The monoisotopic (exact) mass is 261 g/mol. The number of benzene rings is 1. The van der Waals surface area contributed by atoms with Gasteiger partial charge in [0.05, 0.1) is 19.4 Å². The highest BCUT2D eigenvalue weighted by Crippen LogP contribution is 2.30. The SMILES string of the molecule is COc1cccc(N(C)c2c(CO)c(C)nn2C)c1. The number of aliphatic hydroxyl groups is 1. The van der Waals surface area contributed by atoms with Crippen molar-refractivity contribution in [3.8, 4) is 5.75 Å². The van der Waals surface area contributed by atoms with Crippen LogP contribution in [-0.4, -0.2) is 29.0 Å². The molecule has 1 heterocycles. The van der Waals surface area contributed by atoms with Gasteiger partial charge in [-0.2, -0.15) is 5.10 Å². The van der Waals surface area contributed by atoms with E-state index in [9.17, 15) is 5.11 Å². The molecule has 5 heteroatoms. The Bertz CT molecular complexity index is 578. The number of aryl methyl sites for hydroxylation is 2. The molecule has 0 amide bonds. The third-order valence-electron chi connectivity index (χ3n) is 3.23. The minimum atomic E-state index is -0.0245. The third kappa shape index (κ3) is 2.42. The van der Waals surface area contributed by atoms with Gasteiger partial charge in [0.25, 0.3) is 0 Å². The van der Waals surface area contributed by atoms with Gasteiger partial charge in [0.15, 0.2) is 0 Å². The van der Waals surface area contributed by atoms with Crippen LogP contribution in [0.4, 0.5) is 11.5 Å². The first kappa shape index (κ1) is 13.4. The van der Waals surface area contributed by atoms with Crippen LogP contribution in [0.15, 0.2) is 24.3 Å². The van der Waals surface area contributed by atoms with Crippen molar-refractivity contribution in [1.29, 1.82) is 0 Å². The first-order chi connectivity index (χ1) is 9.08. The minimum absolute atomic E-state index is 0.0245. The van der Waals surface area contributed by atoms with Crippen LogP contribution in [0.2, 0.25) is 0 Å². The molecule has 0 fully saturated rings. The smallest absolute Gasteiger partial charge is 0.136 e. The number of hydrogen-bond acceptors (Lipinski definition) is 4. The van der Waals surface area contributed by atoms with Crippen molar-refractivity contribution >= 4 is 11.5 Å². The van der Waals surface area contributed by atoms with Crippen LogP contribution < -0.4 is 9.64 Å². The Hall–Kier alpha value is -2.01. The number of aliphatic hydroxyl groups excluding tert-OH is 1. The molecule has 0 saturated heterocycles. The summed E-state index contributed by atoms with van der Waals surface area (Å²) < 4.78 is 7.01. The summed E-state index contributed by atoms with van der Waals surface area (Å²) in [7, 11) is 5.47. The van der Waals surface area contributed by atoms with Crippen molar-refractivity contribution in [1.82, 2.24) is 9.78 Å². The molecule has 0 aliphatic carbocycles. The number of rotatable bonds is 4. The third-order valence-corrected chi connectivity index (χ3v) is 3.23. The maximum atomic E-state index is 9.50. The predicted octanol–water partition coefficient (Wildman–Crippen LogP) is 2.00. The fourth-order valence-corrected chi connectivity index (χ4v) is 2.24. The quantitative estimate of drug-likeness (QED) is 0.914. The van der Waals surface area contributed by atoms with E-state index in [1.54, 1.807) is 11.8 Å². The zero-order chi connectivity index (χ0) is 14.0. The van der Waals surface area contributed by atoms with Crippen LogP contribution in [-0.2, 0) is 13.7 Å². The zero-order valence-electron chi connectivity index (χ0n) is 11.7. The van der Waals surface area contributed by atoms with Crippen LogP contribution in [0.25, 0.3) is 0 Å². The average Bonchev–Trinajstić information content (AvgIpc) is 2.71. The lowest BCUT2D eigenvalue weighted by atomic mass is 10.2. The highest BCUT2D eigenvalue weighted by atomic mass is 16.5. The number of hydrogen-bond donors (Lipinski definition) is 1. The molecule has 0 radical (unpaired) electrons. The zero-order valence-corrected chi connectivity index (χ0v) is 11.7. The lowest BCUT2D eigenvalue weighted by Gasteiger charge is -2.21. The van der Waals surface area contributed by atoms with Gasteiger partial charge in [0.1, 0.15) is 11.6 Å². The van der Waals surface area contributed by atoms with Gasteiger partial charge in [0, 0.05) is 31.4 Å². The van der Waals surface area contributed by atoms with Gasteiger partial charge in [-0.15, -0.1) is 0 Å². The van der Waals surface area contributed by atoms with Crippen molar-refractivity contribution in [3.05, 3.63) is 35.5 Å². The van der Waals surface area contributed by atoms with E-state index in [1.165, 1.54) is 0 Å². The maximum absolute atomic E-state index is 9.50. The van der Waals surface area contributed by atoms with Crippen LogP contribution in [0, 0.1) is 6.92 Å². The van der Waals surface area contributed by atoms with Gasteiger partial charge in [-0.3, -0.25) is 4.68 Å². The van der Waals surface area contributed by atoms with Crippen LogP contribution in [0.5, 0.6) is 5.75 Å². The minimum Gasteiger partial charge on any atom is -0.497 e. The number of methoxy groups -OCH3 is 1. The highest BCUT2D eigenvalue weighted by Gasteiger charge is 2.17. The molecule has 1 N–H and O–H groups in total. The van der Waals surface area contributed by atoms with E-state index in [1.807, 2.05) is 50.2 Å². The molecule has 1 aromatic heterocycles. The van der Waals surface area contributed by atoms with E-state index in [0.29, 0.717) is 0 Å². The number of nitrogens with zero attached hydrogens (tertiary/aromatic N) is 3. The molecule has 1 aromatic carbocycles. The summed E-state index contributed by atoms with van der Waals surface area (Å²) in [6.07, 6.45) is 0. The highest BCUT2D eigenvalue weighted by molar-refractivity contribution is 5.64. The molecule has 0 atom stereocenters. The van der Waals surface area contributed by atoms with E-state index in [4.69, 9.17) is 4.74 Å². The van der Waals surface area contributed by atoms with Gasteiger partial charge in [-0.1, -0.05) is 6.07 Å². The van der Waals surface area contributed by atoms with Crippen molar-refractivity contribution in [2.45, 2.75) is 13.5 Å². The van der Waals surface area contributed by atoms with E-state index in [0.717, 1.165) is 28.5 Å². The lowest BCUT2D eigenvalue weighted by molar-refractivity contribution is 0.281. The van der Waals surface area contributed by atoms with Crippen molar-refractivity contribution in [3.63, 3.8) is 0 Å². The average molecular weight is 261 g/mol. The maximum Gasteiger partial charge on any atom is 0.136 e. The van der Waals surface area contributed by atoms with Crippen LogP contribution >= 0.6 is 0 Å². The molecule has 0 aliphatic heterocycles. The second kappa shape index (κ2) is 5.32. The molecule has 2 aromatic rings. The Morgan fingerprint density at radius 2 is 2.16 bits per heavy atom. The van der Waals surface area contributed by atoms with Crippen LogP contribution in [0.1, 0.15) is 11.3 Å². The number of anilines is 2. The molecule has 0 aliphatic rings. The van der Waals surface area contributed by atoms with Gasteiger partial charge < -0.3 is 14.7 Å². The first-order valence-corrected chi connectivity index (χ1v) is 6.09. The Kier molecular flexibility index (Phi) is 3.76. The molecule has 0 bridgehead atoms. The molecule has 0 saturated carbocycles. The van der Waals surface area contributed by atoms with Crippen molar-refractivity contribution in [2.75, 3.05) is 19.1 Å². The Morgan fingerprint density at radius 1 is 1.42 bits per heavy atom. The largest absolute Gasteiger partial charge is 0.497 e. The molecule has 2 rings (SSSR count). The molecule has 5 nitrogen and oxygen atoms in total. The lowest BCUT2D eigenvalue weighted by Crippen LogP contribution is -2.15. The van der Waals surface area contributed by atoms with E-state index >= 15 is 0 Å². The molecule has 102 valence electrons. The van der Waals surface area contributed by atoms with Gasteiger partial charge in [-0.05, 0) is 19.1 Å². The molecule has 0 spiro atoms. The van der Waals surface area contributed by atoms with Crippen LogP contribution in [0.3, 0.4) is 0 Å². The second-order valence-electron chi connectivity index (χ2n) is 4.43. The summed E-state index contributed by atoms with van der Waals surface area (Å²) in [4.78, 5) is 1.99. The summed E-state index contributed by atoms with van der Waals surface area (Å²) in [6, 6.07) is 7.78. The number of aromatic nitrogens is 2. The first-order valence-electron chi connectivity index (χ1n) is 6.09. The van der Waals surface area contributed by atoms with Gasteiger partial charge >= 0.3 is 0 Å². The summed E-state index contributed by atoms with van der Waals surface area (Å²) >= 11 is 0. The Morgan fingerprint density at radius 3 is 2.79 bits per heavy atom. The molecule has 0 unspecified atom stereocenters. The summed E-state index contributed by atoms with van der Waals surface area (Å²) in [6.45, 7) is 1.87. The normalized spacial score (nSPS) is 10.6. The molecular weight excluding hydrogens is 242 g/mol. The topological polar surface area (TPSA) is 50.5 Å². The molecular formula is C14H19N3O2. The summed E-state index contributed by atoms with van der Waals surface area (Å²) in [5, 5.41) is 13.9. The Balaban J connectivity index is 2.46. The Labute approximate surface area is 113 Å². The van der Waals surface area contributed by atoms with Crippen molar-refractivity contribution < 1.29 is 9.84 Å². The number of ether oxygens (including phenoxy) is 1. The van der Waals surface area contributed by atoms with Gasteiger partial charge in [0.2, 0.25) is 0 Å². The van der Waals surface area contributed by atoms with E-state index in [-0.39, 0.29) is 6.61 Å². The van der Waals surface area contributed by atoms with Crippen molar-refractivity contribution in [2.24, 2.45) is 7.05 Å². The van der Waals surface area contributed by atoms with E-state index < -0.39 is 0 Å². The fourth-order valence-electron chi connectivity index (χ4n) is 2.24. The second-order valence-corrected chi connectivity index (χ2v) is 4.43. The van der Waals surface area contributed by atoms with Gasteiger partial charge in [-0.25, -0.2) is 0 Å². The summed E-state index contributed by atoms with van der Waals surface area (Å²) in [5.74, 6) is 1.68.